The lowest BCUT2D eigenvalue weighted by molar-refractivity contribution is -0.140. The van der Waals surface area contributed by atoms with Crippen LogP contribution in [0.2, 0.25) is 5.02 Å². The average Bonchev–Trinajstić information content (AvgIpc) is 2.91. The molecule has 3 rings (SSSR count). The van der Waals surface area contributed by atoms with E-state index in [9.17, 15) is 22.4 Å². The zero-order valence-electron chi connectivity index (χ0n) is 23.1. The first kappa shape index (κ1) is 31.1. The second-order valence-electron chi connectivity index (χ2n) is 9.83. The maximum atomic E-state index is 14.1. The third kappa shape index (κ3) is 8.29. The van der Waals surface area contributed by atoms with Crippen molar-refractivity contribution < 1.29 is 22.4 Å². The summed E-state index contributed by atoms with van der Waals surface area (Å²) in [7, 11) is -3.92. The number of benzene rings is 3. The smallest absolute Gasteiger partial charge is 0.244 e. The predicted octanol–water partition coefficient (Wildman–Crippen LogP) is 5.11. The van der Waals surface area contributed by atoms with Gasteiger partial charge >= 0.3 is 0 Å². The van der Waals surface area contributed by atoms with Gasteiger partial charge in [-0.15, -0.1) is 0 Å². The van der Waals surface area contributed by atoms with Crippen molar-refractivity contribution in [1.29, 1.82) is 0 Å². The van der Waals surface area contributed by atoms with Crippen LogP contribution in [0.5, 0.6) is 0 Å². The van der Waals surface area contributed by atoms with Gasteiger partial charge in [-0.25, -0.2) is 12.8 Å². The first-order valence-electron chi connectivity index (χ1n) is 13.0. The van der Waals surface area contributed by atoms with E-state index in [1.165, 1.54) is 29.2 Å². The van der Waals surface area contributed by atoms with Crippen LogP contribution >= 0.6 is 11.6 Å². The van der Waals surface area contributed by atoms with E-state index in [1.54, 1.807) is 25.1 Å². The molecule has 3 aromatic rings. The van der Waals surface area contributed by atoms with Crippen LogP contribution in [-0.4, -0.2) is 50.0 Å². The number of hydrogen-bond donors (Lipinski definition) is 1. The Balaban J connectivity index is 2.08. The van der Waals surface area contributed by atoms with Gasteiger partial charge in [0.05, 0.1) is 11.9 Å². The van der Waals surface area contributed by atoms with Crippen LogP contribution in [0.4, 0.5) is 10.1 Å². The van der Waals surface area contributed by atoms with E-state index in [0.29, 0.717) is 22.6 Å². The van der Waals surface area contributed by atoms with Crippen molar-refractivity contribution in [3.05, 3.63) is 100 Å². The van der Waals surface area contributed by atoms with Crippen molar-refractivity contribution in [3.8, 4) is 0 Å². The average molecular weight is 588 g/mol. The van der Waals surface area contributed by atoms with Gasteiger partial charge in [0.25, 0.3) is 0 Å². The van der Waals surface area contributed by atoms with Crippen LogP contribution in [0.25, 0.3) is 0 Å². The number of carbonyl (C=O) groups is 2. The van der Waals surface area contributed by atoms with Gasteiger partial charge in [0, 0.05) is 24.0 Å². The normalized spacial score (nSPS) is 12.8. The Morgan fingerprint density at radius 2 is 1.62 bits per heavy atom. The molecule has 0 aliphatic rings. The van der Waals surface area contributed by atoms with Gasteiger partial charge in [0.1, 0.15) is 18.4 Å². The summed E-state index contributed by atoms with van der Waals surface area (Å²) in [4.78, 5) is 29.1. The number of hydrogen-bond acceptors (Lipinski definition) is 4. The van der Waals surface area contributed by atoms with Gasteiger partial charge in [-0.3, -0.25) is 13.9 Å². The van der Waals surface area contributed by atoms with E-state index in [2.05, 4.69) is 5.32 Å². The molecule has 40 heavy (non-hydrogen) atoms. The summed E-state index contributed by atoms with van der Waals surface area (Å²) in [5, 5.41) is 3.33. The molecule has 0 aliphatic carbocycles. The van der Waals surface area contributed by atoms with Crippen molar-refractivity contribution in [2.45, 2.75) is 52.2 Å². The topological polar surface area (TPSA) is 86.8 Å². The lowest BCUT2D eigenvalue weighted by Gasteiger charge is -2.34. The maximum Gasteiger partial charge on any atom is 0.244 e. The number of rotatable bonds is 12. The number of nitrogens with one attached hydrogen (secondary N) is 1. The summed E-state index contributed by atoms with van der Waals surface area (Å²) >= 11 is 6.27. The fourth-order valence-electron chi connectivity index (χ4n) is 4.24. The van der Waals surface area contributed by atoms with Gasteiger partial charge < -0.3 is 10.2 Å². The number of carbonyl (C=O) groups excluding carboxylic acids is 2. The van der Waals surface area contributed by atoms with E-state index in [1.807, 2.05) is 44.2 Å². The molecule has 2 amide bonds. The number of anilines is 1. The highest BCUT2D eigenvalue weighted by molar-refractivity contribution is 7.92. The van der Waals surface area contributed by atoms with Crippen molar-refractivity contribution >= 4 is 39.1 Å². The zero-order chi connectivity index (χ0) is 29.4. The summed E-state index contributed by atoms with van der Waals surface area (Å²) in [6.45, 7) is 4.90. The zero-order valence-corrected chi connectivity index (χ0v) is 24.7. The Hall–Kier alpha value is -3.43. The number of sulfonamides is 1. The summed E-state index contributed by atoms with van der Waals surface area (Å²) in [6.07, 6.45) is 1.90. The number of nitrogens with zero attached hydrogens (tertiary/aromatic N) is 2. The van der Waals surface area contributed by atoms with E-state index < -0.39 is 34.3 Å². The van der Waals surface area contributed by atoms with Crippen LogP contribution in [0, 0.1) is 12.7 Å². The van der Waals surface area contributed by atoms with Gasteiger partial charge in [0.2, 0.25) is 21.8 Å². The molecule has 7 nitrogen and oxygen atoms in total. The molecule has 0 saturated heterocycles. The third-order valence-corrected chi connectivity index (χ3v) is 8.26. The monoisotopic (exact) mass is 587 g/mol. The second-order valence-corrected chi connectivity index (χ2v) is 12.1. The highest BCUT2D eigenvalue weighted by atomic mass is 35.5. The molecule has 0 aliphatic heterocycles. The highest BCUT2D eigenvalue weighted by Crippen LogP contribution is 2.28. The molecule has 0 bridgehead atoms. The molecule has 1 N–H and O–H groups in total. The standard InChI is InChI=1S/C30H35ClFN3O4S/c1-5-21(2)33-30(37)28(18-23-10-7-6-8-11-23)34(19-24-14-16-25(32)17-15-24)29(36)20-35(40(4,38)39)27-13-9-12-26(31)22(27)3/h6-17,21,28H,5,18-20H2,1-4H3,(H,33,37)/t21-,28-/m0/s1. The van der Waals surface area contributed by atoms with Crippen LogP contribution < -0.4 is 9.62 Å². The van der Waals surface area contributed by atoms with Gasteiger partial charge in [-0.1, -0.05) is 67.1 Å². The van der Waals surface area contributed by atoms with Crippen molar-refractivity contribution in [3.63, 3.8) is 0 Å². The lowest BCUT2D eigenvalue weighted by Crippen LogP contribution is -2.54. The van der Waals surface area contributed by atoms with Crippen LogP contribution in [0.3, 0.4) is 0 Å². The largest absolute Gasteiger partial charge is 0.352 e. The summed E-state index contributed by atoms with van der Waals surface area (Å²) in [5.74, 6) is -1.38. The lowest BCUT2D eigenvalue weighted by atomic mass is 10.0. The molecule has 0 saturated carbocycles. The van der Waals surface area contributed by atoms with Crippen molar-refractivity contribution in [2.24, 2.45) is 0 Å². The van der Waals surface area contributed by atoms with E-state index in [4.69, 9.17) is 11.6 Å². The molecule has 0 heterocycles. The second kappa shape index (κ2) is 13.8. The Kier molecular flexibility index (Phi) is 10.7. The minimum atomic E-state index is -3.92. The van der Waals surface area contributed by atoms with Gasteiger partial charge in [0.15, 0.2) is 0 Å². The number of halogens is 2. The molecule has 10 heteroatoms. The van der Waals surface area contributed by atoms with Gasteiger partial charge in [-0.05, 0) is 61.2 Å². The Bertz CT molecular complexity index is 1420. The number of amides is 2. The van der Waals surface area contributed by atoms with E-state index in [0.717, 1.165) is 16.1 Å². The quantitative estimate of drug-likeness (QED) is 0.319. The summed E-state index contributed by atoms with van der Waals surface area (Å²) < 4.78 is 40.5. The minimum absolute atomic E-state index is 0.0311. The molecule has 0 unspecified atom stereocenters. The molecule has 0 spiro atoms. The molecule has 0 aromatic heterocycles. The summed E-state index contributed by atoms with van der Waals surface area (Å²) in [5.41, 5.74) is 2.19. The van der Waals surface area contributed by atoms with E-state index >= 15 is 0 Å². The fraction of sp³-hybridized carbons (Fsp3) is 0.333. The predicted molar refractivity (Wildman–Crippen MR) is 157 cm³/mol. The van der Waals surface area contributed by atoms with Crippen LogP contribution in [-0.2, 0) is 32.6 Å². The fourth-order valence-corrected chi connectivity index (χ4v) is 5.31. The third-order valence-electron chi connectivity index (χ3n) is 6.73. The molecular formula is C30H35ClFN3O4S. The SMILES string of the molecule is CC[C@H](C)NC(=O)[C@H](Cc1ccccc1)N(Cc1ccc(F)cc1)C(=O)CN(c1cccc(Cl)c1C)S(C)(=O)=O. The minimum Gasteiger partial charge on any atom is -0.352 e. The van der Waals surface area contributed by atoms with Crippen molar-refractivity contribution in [2.75, 3.05) is 17.1 Å². The molecular weight excluding hydrogens is 553 g/mol. The first-order chi connectivity index (χ1) is 18.9. The molecule has 214 valence electrons. The molecule has 2 atom stereocenters. The highest BCUT2D eigenvalue weighted by Gasteiger charge is 2.33. The van der Waals surface area contributed by atoms with Gasteiger partial charge in [-0.2, -0.15) is 0 Å². The molecule has 3 aromatic carbocycles. The molecule has 0 fully saturated rings. The summed E-state index contributed by atoms with van der Waals surface area (Å²) in [6, 6.07) is 18.6. The van der Waals surface area contributed by atoms with Crippen LogP contribution in [0.1, 0.15) is 37.0 Å². The molecule has 0 radical (unpaired) electrons. The Morgan fingerprint density at radius 3 is 2.23 bits per heavy atom. The van der Waals surface area contributed by atoms with Crippen molar-refractivity contribution in [1.82, 2.24) is 10.2 Å². The van der Waals surface area contributed by atoms with E-state index in [-0.39, 0.29) is 30.6 Å². The Labute approximate surface area is 241 Å². The van der Waals surface area contributed by atoms with Crippen LogP contribution in [0.15, 0.2) is 72.8 Å². The first-order valence-corrected chi connectivity index (χ1v) is 15.2. The maximum absolute atomic E-state index is 14.1. The Morgan fingerprint density at radius 1 is 0.975 bits per heavy atom.